The fourth-order valence-electron chi connectivity index (χ4n) is 13.4. The van der Waals surface area contributed by atoms with E-state index in [0.717, 1.165) is 32.1 Å². The Morgan fingerprint density at radius 3 is 1.73 bits per heavy atom. The van der Waals surface area contributed by atoms with Gasteiger partial charge in [-0.15, -0.1) is 0 Å². The normalized spacial score (nSPS) is 28.8. The first-order chi connectivity index (χ1) is 29.5. The molecule has 11 heteroatoms. The van der Waals surface area contributed by atoms with Crippen LogP contribution < -0.4 is 0 Å². The van der Waals surface area contributed by atoms with E-state index in [-0.39, 0.29) is 78.7 Å². The number of hydrogen-bond donors (Lipinski definition) is 0. The lowest BCUT2D eigenvalue weighted by molar-refractivity contribution is -0.174. The summed E-state index contributed by atoms with van der Waals surface area (Å²) in [5, 5.41) is 0. The van der Waals surface area contributed by atoms with E-state index in [4.69, 9.17) is 23.7 Å². The Kier molecular flexibility index (Phi) is 17.9. The molecule has 0 saturated heterocycles. The Labute approximate surface area is 386 Å². The summed E-state index contributed by atoms with van der Waals surface area (Å²) in [5.41, 5.74) is -1.38. The Hall–Kier alpha value is -2.98. The highest BCUT2D eigenvalue weighted by Gasteiger charge is 2.61. The summed E-state index contributed by atoms with van der Waals surface area (Å²) in [7, 11) is 0. The third-order valence-corrected chi connectivity index (χ3v) is 15.6. The van der Waals surface area contributed by atoms with Crippen molar-refractivity contribution in [2.75, 3.05) is 19.8 Å². The molecule has 0 amide bonds. The second-order valence-corrected chi connectivity index (χ2v) is 25.1. The summed E-state index contributed by atoms with van der Waals surface area (Å²) in [6, 6.07) is 0. The number of hydrogen-bond acceptors (Lipinski definition) is 11. The van der Waals surface area contributed by atoms with E-state index in [0.29, 0.717) is 55.1 Å². The van der Waals surface area contributed by atoms with Gasteiger partial charge in [0.1, 0.15) is 25.1 Å². The van der Waals surface area contributed by atoms with Crippen molar-refractivity contribution >= 4 is 35.6 Å². The van der Waals surface area contributed by atoms with Gasteiger partial charge >= 0.3 is 29.8 Å². The number of ketones is 1. The maximum absolute atomic E-state index is 13.1. The third kappa shape index (κ3) is 14.5. The minimum atomic E-state index is -1.02. The number of Topliss-reactive ketones (excluding diaryl/α,β-unsaturated/α-hetero) is 1. The molecule has 0 heterocycles. The molecule has 0 aliphatic heterocycles. The van der Waals surface area contributed by atoms with Gasteiger partial charge in [0.25, 0.3) is 0 Å². The minimum absolute atomic E-state index is 0.00393. The molecular weight excluding hydrogens is 813 g/mol. The second kappa shape index (κ2) is 21.3. The highest BCUT2D eigenvalue weighted by Crippen LogP contribution is 2.67. The first-order valence-corrected chi connectivity index (χ1v) is 24.9. The van der Waals surface area contributed by atoms with Crippen molar-refractivity contribution in [1.29, 1.82) is 0 Å². The zero-order chi connectivity index (χ0) is 48.1. The number of carbonyl (C=O) groups excluding carboxylic acids is 6. The van der Waals surface area contributed by atoms with Gasteiger partial charge in [-0.25, -0.2) is 0 Å². The molecule has 4 aliphatic rings. The van der Waals surface area contributed by atoms with Crippen LogP contribution in [0.2, 0.25) is 0 Å². The van der Waals surface area contributed by atoms with E-state index in [1.165, 1.54) is 25.7 Å². The molecule has 9 atom stereocenters. The zero-order valence-electron chi connectivity index (χ0n) is 42.5. The van der Waals surface area contributed by atoms with E-state index >= 15 is 0 Å². The predicted octanol–water partition coefficient (Wildman–Crippen LogP) is 11.2. The lowest BCUT2D eigenvalue weighted by Gasteiger charge is -2.61. The van der Waals surface area contributed by atoms with Crippen LogP contribution in [0, 0.1) is 68.0 Å². The summed E-state index contributed by atoms with van der Waals surface area (Å²) in [6.45, 7) is 27.6. The van der Waals surface area contributed by atoms with E-state index in [2.05, 4.69) is 13.8 Å². The van der Waals surface area contributed by atoms with Crippen molar-refractivity contribution in [2.24, 2.45) is 68.0 Å². The Morgan fingerprint density at radius 1 is 0.625 bits per heavy atom. The van der Waals surface area contributed by atoms with Crippen LogP contribution in [-0.2, 0) is 52.5 Å². The average Bonchev–Trinajstić information content (AvgIpc) is 3.51. The molecular formula is C53H88O11. The molecule has 0 aromatic heterocycles. The van der Waals surface area contributed by atoms with Crippen molar-refractivity contribution in [3.8, 4) is 0 Å². The molecule has 366 valence electrons. The number of carbonyl (C=O) groups is 6. The minimum Gasteiger partial charge on any atom is -0.466 e. The largest absolute Gasteiger partial charge is 0.466 e. The van der Waals surface area contributed by atoms with E-state index in [1.807, 2.05) is 69.2 Å². The van der Waals surface area contributed by atoms with Crippen LogP contribution >= 0.6 is 0 Å². The molecule has 0 bridgehead atoms. The molecule has 4 fully saturated rings. The van der Waals surface area contributed by atoms with Gasteiger partial charge in [-0.2, -0.15) is 0 Å². The summed E-state index contributed by atoms with van der Waals surface area (Å²) in [6.07, 6.45) is 11.3. The summed E-state index contributed by atoms with van der Waals surface area (Å²) >= 11 is 0. The van der Waals surface area contributed by atoms with Gasteiger partial charge in [-0.3, -0.25) is 28.8 Å². The van der Waals surface area contributed by atoms with E-state index < -0.39 is 46.7 Å². The molecule has 4 unspecified atom stereocenters. The molecule has 64 heavy (non-hydrogen) atoms. The summed E-state index contributed by atoms with van der Waals surface area (Å²) in [5.74, 6) is 0.693. The van der Waals surface area contributed by atoms with E-state index in [1.54, 1.807) is 13.8 Å². The van der Waals surface area contributed by atoms with Gasteiger partial charge in [-0.1, -0.05) is 62.3 Å². The van der Waals surface area contributed by atoms with Crippen LogP contribution in [0.25, 0.3) is 0 Å². The van der Waals surface area contributed by atoms with Crippen LogP contribution in [0.4, 0.5) is 0 Å². The molecule has 0 spiro atoms. The first-order valence-electron chi connectivity index (χ1n) is 24.9. The predicted molar refractivity (Wildman–Crippen MR) is 246 cm³/mol. The maximum atomic E-state index is 13.1. The average molecular weight is 901 g/mol. The molecule has 0 N–H and O–H groups in total. The fourth-order valence-corrected chi connectivity index (χ4v) is 13.4. The SMILES string of the molecule is CC(=O)[C@H]1CCC2[C@@H]3CCC4C[C@H](OC(=O)CCCCOC(=O)CC(C)CC(=O)OC(COC(=O)C(C)(C)CC(C)(C)C)COC(=O)C(C)(C)CC(C)(C)C)CC[C@]4(C)C3CC[C@@]21C. The monoisotopic (exact) mass is 901 g/mol. The first kappa shape index (κ1) is 53.6. The second-order valence-electron chi connectivity index (χ2n) is 25.1. The molecule has 0 aromatic carbocycles. The number of rotatable bonds is 20. The third-order valence-electron chi connectivity index (χ3n) is 15.6. The Balaban J connectivity index is 1.16. The van der Waals surface area contributed by atoms with Gasteiger partial charge in [0.2, 0.25) is 0 Å². The molecule has 4 aliphatic carbocycles. The van der Waals surface area contributed by atoms with Crippen molar-refractivity contribution < 1.29 is 52.5 Å². The molecule has 0 aromatic rings. The zero-order valence-corrected chi connectivity index (χ0v) is 42.5. The van der Waals surface area contributed by atoms with Gasteiger partial charge in [0.15, 0.2) is 6.10 Å². The van der Waals surface area contributed by atoms with Crippen LogP contribution in [0.5, 0.6) is 0 Å². The topological polar surface area (TPSA) is 149 Å². The number of ether oxygens (including phenoxy) is 5. The smallest absolute Gasteiger partial charge is 0.311 e. The van der Waals surface area contributed by atoms with Crippen LogP contribution in [0.15, 0.2) is 0 Å². The highest BCUT2D eigenvalue weighted by molar-refractivity contribution is 5.80. The van der Waals surface area contributed by atoms with Crippen LogP contribution in [0.1, 0.15) is 200 Å². The Morgan fingerprint density at radius 2 is 1.17 bits per heavy atom. The standard InChI is InChI=1S/C53H88O11/c1-34(28-45(57)64-38(30-61-46(58)50(9,10)32-48(3,4)5)31-62-47(59)51(11,12)33-49(6,7)8)27-44(56)60-26-16-15-17-43(55)63-37-22-24-52(13)36(29-37)18-19-39-41-21-20-40(35(2)54)53(41,14)25-23-42(39)52/h34,36-42H,15-33H2,1-14H3/t34?,36?,37-,39+,40-,41?,42?,52+,53-/m1/s1. The number of unbranched alkanes of at least 4 members (excludes halogenated alkanes) is 1. The molecule has 4 saturated carbocycles. The lowest BCUT2D eigenvalue weighted by Crippen LogP contribution is -2.54. The van der Waals surface area contributed by atoms with Crippen LogP contribution in [-0.4, -0.2) is 67.7 Å². The molecule has 0 radical (unpaired) electrons. The van der Waals surface area contributed by atoms with Gasteiger partial charge < -0.3 is 23.7 Å². The summed E-state index contributed by atoms with van der Waals surface area (Å²) in [4.78, 5) is 77.5. The number of fused-ring (bicyclic) bond motifs is 5. The molecule has 11 nitrogen and oxygen atoms in total. The quantitative estimate of drug-likeness (QED) is 0.0653. The van der Waals surface area contributed by atoms with Gasteiger partial charge in [0, 0.05) is 25.2 Å². The van der Waals surface area contributed by atoms with Gasteiger partial charge in [0.05, 0.1) is 17.4 Å². The fraction of sp³-hybridized carbons (Fsp3) is 0.887. The lowest BCUT2D eigenvalue weighted by atomic mass is 9.44. The van der Waals surface area contributed by atoms with Crippen molar-refractivity contribution in [3.63, 3.8) is 0 Å². The summed E-state index contributed by atoms with van der Waals surface area (Å²) < 4.78 is 28.5. The van der Waals surface area contributed by atoms with Crippen molar-refractivity contribution in [1.82, 2.24) is 0 Å². The van der Waals surface area contributed by atoms with Gasteiger partial charge in [-0.05, 0) is 169 Å². The van der Waals surface area contributed by atoms with Crippen molar-refractivity contribution in [3.05, 3.63) is 0 Å². The number of esters is 5. The van der Waals surface area contributed by atoms with E-state index in [9.17, 15) is 28.8 Å². The van der Waals surface area contributed by atoms with Crippen molar-refractivity contribution in [2.45, 2.75) is 212 Å². The molecule has 4 rings (SSSR count). The van der Waals surface area contributed by atoms with Crippen LogP contribution in [0.3, 0.4) is 0 Å². The Bertz CT molecular complexity index is 1610. The maximum Gasteiger partial charge on any atom is 0.311 e. The highest BCUT2D eigenvalue weighted by atomic mass is 16.6.